The molecule has 0 spiro atoms. The first-order valence-corrected chi connectivity index (χ1v) is 29.4. The number of aryl methyl sites for hydroxylation is 2. The lowest BCUT2D eigenvalue weighted by Crippen LogP contribution is -2.59. The molecule has 4 bridgehead atoms. The van der Waals surface area contributed by atoms with Gasteiger partial charge in [0.1, 0.15) is 51.0 Å². The Hall–Kier alpha value is -4.96. The van der Waals surface area contributed by atoms with Crippen molar-refractivity contribution in [2.75, 3.05) is 52.6 Å². The maximum Gasteiger partial charge on any atom is 0.488 e. The third kappa shape index (κ3) is 13.0. The number of benzene rings is 2. The van der Waals surface area contributed by atoms with Crippen LogP contribution >= 0.6 is 38.6 Å². The molecular formula is C56H68BBrN6O10S2. The van der Waals surface area contributed by atoms with Gasteiger partial charge in [0.2, 0.25) is 11.8 Å². The summed E-state index contributed by atoms with van der Waals surface area (Å²) in [6.07, 6.45) is 13.4. The summed E-state index contributed by atoms with van der Waals surface area (Å²) in [4.78, 5) is 46.7. The lowest BCUT2D eigenvalue weighted by atomic mass is 9.80. The summed E-state index contributed by atoms with van der Waals surface area (Å²) >= 11 is 6.70. The third-order valence-electron chi connectivity index (χ3n) is 15.4. The number of hydrogen-bond acceptors (Lipinski definition) is 16. The number of ether oxygens (including phenoxy) is 6. The smallest absolute Gasteiger partial charge is 0.472 e. The van der Waals surface area contributed by atoms with Gasteiger partial charge in [-0.3, -0.25) is 0 Å². The number of hydrogen-bond donors (Lipinski definition) is 2. The van der Waals surface area contributed by atoms with E-state index in [0.717, 1.165) is 74.6 Å². The molecule has 2 aliphatic carbocycles. The predicted octanol–water partition coefficient (Wildman–Crippen LogP) is 9.89. The number of fused-ring (bicyclic) bond motifs is 6. The molecule has 6 aliphatic rings. The van der Waals surface area contributed by atoms with Crippen molar-refractivity contribution in [3.05, 3.63) is 87.5 Å². The first-order chi connectivity index (χ1) is 36.8. The van der Waals surface area contributed by atoms with Crippen molar-refractivity contribution in [2.45, 2.75) is 115 Å². The van der Waals surface area contributed by atoms with Crippen molar-refractivity contribution >= 4 is 83.8 Å². The van der Waals surface area contributed by atoms with Crippen molar-refractivity contribution in [1.29, 1.82) is 0 Å². The first-order valence-electron chi connectivity index (χ1n) is 26.9. The second-order valence-electron chi connectivity index (χ2n) is 21.7. The number of halogens is 1. The molecule has 12 rings (SSSR count). The number of carbonyl (C=O) groups excluding carboxylic acids is 2. The normalized spacial score (nSPS) is 23.6. The largest absolute Gasteiger partial charge is 0.488 e. The van der Waals surface area contributed by atoms with Gasteiger partial charge in [0.05, 0.1) is 36.4 Å². The second-order valence-corrected chi connectivity index (χ2v) is 24.3. The standard InChI is InChI=1S/C28H33N3O4S.C18H20BrN3O4S.C10H15BO2/c1-3-4-5-18-6-8-19(9-7-18)22-16-36-25-23(22)29-17-30-26(25)34-24-20-12-31(13-21(24)15-33-14-20)27(32)35-28(2)10-11-28;1-18(2-3-18)26-17(23)22-4-10-6-24-7-11(5-22)14(10)25-16-15-13(20-9-21-16)12(19)8-27-15;1-2-3-4-9-5-7-10(8-6-9)11(12)13/h6-9,16-17,20-21,24H,3-5,10-15H2,1-2H3;8-11,14H,2-7H2,1H3;5-8,12-13H,2-4H2,1H3. The minimum absolute atomic E-state index is 0.0294. The van der Waals surface area contributed by atoms with Crippen LogP contribution in [0.5, 0.6) is 11.8 Å². The number of thiophene rings is 2. The van der Waals surface area contributed by atoms with Crippen LogP contribution in [0.3, 0.4) is 0 Å². The fourth-order valence-electron chi connectivity index (χ4n) is 10.3. The van der Waals surface area contributed by atoms with Gasteiger partial charge in [-0.05, 0) is 103 Å². The second kappa shape index (κ2) is 24.0. The Bertz CT molecular complexity index is 2910. The number of unbranched alkanes of at least 4 members (excludes halogenated alkanes) is 2. The van der Waals surface area contributed by atoms with Crippen LogP contribution in [0, 0.1) is 23.7 Å². The zero-order valence-electron chi connectivity index (χ0n) is 43.7. The zero-order valence-corrected chi connectivity index (χ0v) is 47.0. The molecule has 404 valence electrons. The van der Waals surface area contributed by atoms with E-state index in [-0.39, 0.29) is 59.3 Å². The molecule has 2 aromatic carbocycles. The van der Waals surface area contributed by atoms with Crippen LogP contribution < -0.4 is 14.9 Å². The lowest BCUT2D eigenvalue weighted by molar-refractivity contribution is -0.111. The van der Waals surface area contributed by atoms with Gasteiger partial charge < -0.3 is 48.3 Å². The SMILES string of the molecule is CC1(OC(=O)N2CC3COCC(C2)C3Oc2ncnc3c(Br)csc23)CC1.CCCCc1ccc(-c2csc3c(OC4C5COCC4CN(C(=O)OC4(C)CC4)C5)ncnc23)cc1.CCCCc1ccc(B(O)O)cc1. The van der Waals surface area contributed by atoms with E-state index in [1.54, 1.807) is 41.1 Å². The van der Waals surface area contributed by atoms with E-state index >= 15 is 0 Å². The number of nitrogens with zero attached hydrogens (tertiary/aromatic N) is 6. The topological polar surface area (TPSA) is 188 Å². The van der Waals surface area contributed by atoms with E-state index in [9.17, 15) is 9.59 Å². The van der Waals surface area contributed by atoms with Crippen LogP contribution in [0.15, 0.2) is 76.4 Å². The van der Waals surface area contributed by atoms with Gasteiger partial charge in [-0.2, -0.15) is 0 Å². The monoisotopic (exact) mass is 1140 g/mol. The van der Waals surface area contributed by atoms with Crippen molar-refractivity contribution < 1.29 is 48.1 Å². The average molecular weight is 1140 g/mol. The number of amides is 2. The van der Waals surface area contributed by atoms with Gasteiger partial charge in [-0.25, -0.2) is 29.5 Å². The Morgan fingerprint density at radius 2 is 1.09 bits per heavy atom. The van der Waals surface area contributed by atoms with E-state index < -0.39 is 7.12 Å². The highest BCUT2D eigenvalue weighted by Gasteiger charge is 2.49. The van der Waals surface area contributed by atoms with Gasteiger partial charge in [-0.1, -0.05) is 75.2 Å². The van der Waals surface area contributed by atoms with E-state index in [4.69, 9.17) is 38.5 Å². The molecule has 76 heavy (non-hydrogen) atoms. The number of aromatic nitrogens is 4. The summed E-state index contributed by atoms with van der Waals surface area (Å²) in [5.41, 5.74) is 6.72. The quantitative estimate of drug-likeness (QED) is 0.0981. The Balaban J connectivity index is 0.000000144. The molecule has 2 saturated carbocycles. The molecule has 4 aliphatic heterocycles. The van der Waals surface area contributed by atoms with Gasteiger partial charge in [0.25, 0.3) is 0 Å². The Morgan fingerprint density at radius 3 is 1.54 bits per heavy atom. The molecule has 16 nitrogen and oxygen atoms in total. The summed E-state index contributed by atoms with van der Waals surface area (Å²) in [7, 11) is -1.35. The van der Waals surface area contributed by atoms with Crippen LogP contribution in [-0.4, -0.2) is 135 Å². The Morgan fingerprint density at radius 1 is 0.658 bits per heavy atom. The zero-order chi connectivity index (χ0) is 53.0. The van der Waals surface area contributed by atoms with Crippen molar-refractivity contribution in [3.8, 4) is 22.9 Å². The van der Waals surface area contributed by atoms with E-state index in [0.29, 0.717) is 69.8 Å². The molecule has 4 unspecified atom stereocenters. The van der Waals surface area contributed by atoms with Gasteiger partial charge >= 0.3 is 19.3 Å². The van der Waals surface area contributed by atoms with Crippen LogP contribution in [0.2, 0.25) is 0 Å². The molecule has 2 N–H and O–H groups in total. The van der Waals surface area contributed by atoms with E-state index in [1.807, 2.05) is 41.2 Å². The van der Waals surface area contributed by atoms with Crippen LogP contribution in [0.1, 0.15) is 90.2 Å². The molecule has 4 atom stereocenters. The van der Waals surface area contributed by atoms with Crippen molar-refractivity contribution in [2.24, 2.45) is 23.7 Å². The lowest BCUT2D eigenvalue weighted by Gasteiger charge is -2.46. The minimum atomic E-state index is -1.35. The average Bonchev–Trinajstić information content (AvgIpc) is 4.22. The highest BCUT2D eigenvalue weighted by Crippen LogP contribution is 2.43. The fraction of sp³-hybridized carbons (Fsp3) is 0.536. The minimum Gasteiger partial charge on any atom is -0.472 e. The Kier molecular flexibility index (Phi) is 17.2. The Labute approximate surface area is 461 Å². The molecule has 2 amide bonds. The fourth-order valence-corrected chi connectivity index (χ4v) is 12.8. The highest BCUT2D eigenvalue weighted by atomic mass is 79.9. The van der Waals surface area contributed by atoms with Crippen molar-refractivity contribution in [1.82, 2.24) is 29.7 Å². The summed E-state index contributed by atoms with van der Waals surface area (Å²) in [5.74, 6) is 1.60. The summed E-state index contributed by atoms with van der Waals surface area (Å²) in [5, 5.41) is 21.8. The molecule has 4 aromatic heterocycles. The van der Waals surface area contributed by atoms with Crippen LogP contribution in [0.25, 0.3) is 31.6 Å². The molecule has 6 fully saturated rings. The van der Waals surface area contributed by atoms with E-state index in [2.05, 4.69) is 79.4 Å². The third-order valence-corrected chi connectivity index (χ3v) is 18.2. The van der Waals surface area contributed by atoms with Crippen LogP contribution in [0.4, 0.5) is 9.59 Å². The van der Waals surface area contributed by atoms with Gasteiger partial charge in [0, 0.05) is 66.2 Å². The van der Waals surface area contributed by atoms with E-state index in [1.165, 1.54) is 43.1 Å². The van der Waals surface area contributed by atoms with Crippen LogP contribution in [-0.2, 0) is 31.8 Å². The maximum atomic E-state index is 12.7. The first kappa shape index (κ1) is 54.4. The molecular weight excluding hydrogens is 1070 g/mol. The van der Waals surface area contributed by atoms with Crippen molar-refractivity contribution in [3.63, 3.8) is 0 Å². The summed E-state index contributed by atoms with van der Waals surface area (Å²) < 4.78 is 38.8. The summed E-state index contributed by atoms with van der Waals surface area (Å²) in [6, 6.07) is 16.2. The molecule has 20 heteroatoms. The molecule has 0 radical (unpaired) electrons. The predicted molar refractivity (Wildman–Crippen MR) is 297 cm³/mol. The number of likely N-dealkylation sites (tertiary alicyclic amines) is 2. The molecule has 4 saturated heterocycles. The number of carbonyl (C=O) groups is 2. The molecule has 8 heterocycles. The summed E-state index contributed by atoms with van der Waals surface area (Å²) in [6.45, 7) is 13.0. The van der Waals surface area contributed by atoms with Gasteiger partial charge in [-0.15, -0.1) is 22.7 Å². The number of piperidine rings is 2. The molecule has 6 aromatic rings. The highest BCUT2D eigenvalue weighted by molar-refractivity contribution is 9.10. The maximum absolute atomic E-state index is 12.7. The van der Waals surface area contributed by atoms with Gasteiger partial charge in [0.15, 0.2) is 0 Å². The number of rotatable bonds is 14.